The predicted octanol–water partition coefficient (Wildman–Crippen LogP) is 2.92. The molecule has 0 aromatic rings. The van der Waals surface area contributed by atoms with Gasteiger partial charge in [0.2, 0.25) is 0 Å². The van der Waals surface area contributed by atoms with Crippen molar-refractivity contribution in [2.75, 3.05) is 0 Å². The molecular formula is C16H21NO3. The van der Waals surface area contributed by atoms with Crippen LogP contribution in [0.5, 0.6) is 0 Å². The standard InChI is InChI=1S/C16H21NO3/c1-4-7-8-9-11-16(13(6-3)10-5-2)12-14(15(18)19)17-20-16/h4-6,9-11,14,17H,1-3,7-8,12H2,(H,18,19)/b11-9+,13-10+. The summed E-state index contributed by atoms with van der Waals surface area (Å²) in [6.07, 6.45) is 12.7. The molecule has 4 heteroatoms. The zero-order valence-corrected chi connectivity index (χ0v) is 11.5. The molecule has 2 N–H and O–H groups in total. The molecule has 1 aliphatic heterocycles. The Morgan fingerprint density at radius 3 is 2.65 bits per heavy atom. The molecule has 0 aliphatic carbocycles. The molecular weight excluding hydrogens is 254 g/mol. The summed E-state index contributed by atoms with van der Waals surface area (Å²) < 4.78 is 0. The first-order chi connectivity index (χ1) is 9.59. The summed E-state index contributed by atoms with van der Waals surface area (Å²) in [4.78, 5) is 16.7. The van der Waals surface area contributed by atoms with Gasteiger partial charge in [0.1, 0.15) is 11.6 Å². The molecule has 2 unspecified atom stereocenters. The van der Waals surface area contributed by atoms with Gasteiger partial charge in [-0.1, -0.05) is 49.6 Å². The van der Waals surface area contributed by atoms with Crippen LogP contribution in [-0.2, 0) is 9.63 Å². The summed E-state index contributed by atoms with van der Waals surface area (Å²) in [5.74, 6) is -0.937. The maximum absolute atomic E-state index is 11.1. The van der Waals surface area contributed by atoms with Crippen molar-refractivity contribution in [3.05, 3.63) is 61.8 Å². The fraction of sp³-hybridized carbons (Fsp3) is 0.312. The Balaban J connectivity index is 3.01. The van der Waals surface area contributed by atoms with Crippen LogP contribution in [0, 0.1) is 0 Å². The zero-order chi connectivity index (χ0) is 15.0. The molecule has 108 valence electrons. The van der Waals surface area contributed by atoms with Crippen LogP contribution >= 0.6 is 0 Å². The van der Waals surface area contributed by atoms with Crippen molar-refractivity contribution >= 4 is 5.97 Å². The molecule has 1 saturated heterocycles. The molecule has 2 atom stereocenters. The van der Waals surface area contributed by atoms with Gasteiger partial charge in [-0.3, -0.25) is 9.63 Å². The number of unbranched alkanes of at least 4 members (excludes halogenated alkanes) is 1. The molecule has 1 aliphatic rings. The van der Waals surface area contributed by atoms with Gasteiger partial charge in [0.25, 0.3) is 0 Å². The number of carboxylic acids is 1. The van der Waals surface area contributed by atoms with Crippen LogP contribution in [0.4, 0.5) is 0 Å². The van der Waals surface area contributed by atoms with Gasteiger partial charge >= 0.3 is 5.97 Å². The molecule has 0 spiro atoms. The average molecular weight is 275 g/mol. The molecule has 1 fully saturated rings. The van der Waals surface area contributed by atoms with E-state index >= 15 is 0 Å². The lowest BCUT2D eigenvalue weighted by Gasteiger charge is -2.24. The molecule has 0 radical (unpaired) electrons. The molecule has 4 nitrogen and oxygen atoms in total. The molecule has 20 heavy (non-hydrogen) atoms. The summed E-state index contributed by atoms with van der Waals surface area (Å²) in [6, 6.07) is -0.743. The lowest BCUT2D eigenvalue weighted by atomic mass is 9.87. The van der Waals surface area contributed by atoms with Crippen LogP contribution in [0.2, 0.25) is 0 Å². The van der Waals surface area contributed by atoms with Gasteiger partial charge in [-0.05, 0) is 18.4 Å². The second-order valence-corrected chi connectivity index (χ2v) is 4.53. The lowest BCUT2D eigenvalue weighted by Crippen LogP contribution is -2.29. The Hall–Kier alpha value is -1.91. The van der Waals surface area contributed by atoms with E-state index in [-0.39, 0.29) is 0 Å². The predicted molar refractivity (Wildman–Crippen MR) is 80.0 cm³/mol. The third-order valence-electron chi connectivity index (χ3n) is 3.12. The fourth-order valence-electron chi connectivity index (χ4n) is 2.07. The number of allylic oxidation sites excluding steroid dienone is 4. The Bertz CT molecular complexity index is 451. The molecule has 0 amide bonds. The maximum Gasteiger partial charge on any atom is 0.323 e. The summed E-state index contributed by atoms with van der Waals surface area (Å²) in [5, 5.41) is 9.09. The topological polar surface area (TPSA) is 58.6 Å². The summed E-state index contributed by atoms with van der Waals surface area (Å²) in [6.45, 7) is 11.1. The van der Waals surface area contributed by atoms with E-state index in [1.807, 2.05) is 18.2 Å². The third-order valence-corrected chi connectivity index (χ3v) is 3.12. The average Bonchev–Trinajstić information content (AvgIpc) is 2.87. The van der Waals surface area contributed by atoms with E-state index in [0.29, 0.717) is 6.42 Å². The Morgan fingerprint density at radius 2 is 2.15 bits per heavy atom. The van der Waals surface area contributed by atoms with E-state index in [1.54, 1.807) is 18.2 Å². The summed E-state index contributed by atoms with van der Waals surface area (Å²) >= 11 is 0. The number of carbonyl (C=O) groups is 1. The van der Waals surface area contributed by atoms with Crippen molar-refractivity contribution in [3.63, 3.8) is 0 Å². The van der Waals surface area contributed by atoms with E-state index in [1.165, 1.54) is 0 Å². The third kappa shape index (κ3) is 3.79. The molecule has 0 saturated carbocycles. The minimum atomic E-state index is -0.937. The van der Waals surface area contributed by atoms with E-state index in [9.17, 15) is 4.79 Å². The minimum absolute atomic E-state index is 0.304. The quantitative estimate of drug-likeness (QED) is 0.406. The Morgan fingerprint density at radius 1 is 1.40 bits per heavy atom. The zero-order valence-electron chi connectivity index (χ0n) is 11.5. The highest BCUT2D eigenvalue weighted by Crippen LogP contribution is 2.34. The number of hydrogen-bond donors (Lipinski definition) is 2. The van der Waals surface area contributed by atoms with Crippen molar-refractivity contribution in [3.8, 4) is 0 Å². The number of rotatable bonds is 8. The highest BCUT2D eigenvalue weighted by Gasteiger charge is 2.43. The van der Waals surface area contributed by atoms with Gasteiger partial charge in [-0.15, -0.1) is 6.58 Å². The first-order valence-corrected chi connectivity index (χ1v) is 6.50. The van der Waals surface area contributed by atoms with Gasteiger partial charge in [0.05, 0.1) is 0 Å². The molecule has 1 heterocycles. The van der Waals surface area contributed by atoms with Crippen molar-refractivity contribution in [2.24, 2.45) is 0 Å². The van der Waals surface area contributed by atoms with Gasteiger partial charge in [-0.2, -0.15) is 5.48 Å². The van der Waals surface area contributed by atoms with E-state index in [0.717, 1.165) is 18.4 Å². The monoisotopic (exact) mass is 275 g/mol. The normalized spacial score (nSPS) is 26.6. The highest BCUT2D eigenvalue weighted by molar-refractivity contribution is 5.74. The number of aliphatic carboxylic acids is 1. The smallest absolute Gasteiger partial charge is 0.323 e. The number of hydroxylamine groups is 1. The first-order valence-electron chi connectivity index (χ1n) is 6.50. The fourth-order valence-corrected chi connectivity index (χ4v) is 2.07. The van der Waals surface area contributed by atoms with Crippen LogP contribution in [0.15, 0.2) is 61.8 Å². The summed E-state index contributed by atoms with van der Waals surface area (Å²) in [7, 11) is 0. The SMILES string of the molecule is C=C/C=C(\C=C)C1(/C=C/CCC=C)CC(C(=O)O)NO1. The molecule has 0 bridgehead atoms. The van der Waals surface area contributed by atoms with E-state index in [4.69, 9.17) is 9.94 Å². The number of carboxylic acid groups (broad SMARTS) is 1. The van der Waals surface area contributed by atoms with Crippen LogP contribution < -0.4 is 5.48 Å². The second-order valence-electron chi connectivity index (χ2n) is 4.53. The first kappa shape index (κ1) is 16.1. The van der Waals surface area contributed by atoms with Crippen LogP contribution in [0.1, 0.15) is 19.3 Å². The van der Waals surface area contributed by atoms with Crippen molar-refractivity contribution in [1.82, 2.24) is 5.48 Å². The molecule has 0 aromatic heterocycles. The van der Waals surface area contributed by atoms with Gasteiger partial charge in [-0.25, -0.2) is 0 Å². The van der Waals surface area contributed by atoms with Crippen molar-refractivity contribution < 1.29 is 14.7 Å². The second kappa shape index (κ2) is 7.62. The van der Waals surface area contributed by atoms with Gasteiger partial charge < -0.3 is 5.11 Å². The largest absolute Gasteiger partial charge is 0.480 e. The number of hydrogen-bond acceptors (Lipinski definition) is 3. The number of nitrogens with one attached hydrogen (secondary N) is 1. The summed E-state index contributed by atoms with van der Waals surface area (Å²) in [5.41, 5.74) is 2.52. The van der Waals surface area contributed by atoms with Gasteiger partial charge in [0, 0.05) is 6.42 Å². The minimum Gasteiger partial charge on any atom is -0.480 e. The van der Waals surface area contributed by atoms with E-state index < -0.39 is 17.6 Å². The Labute approximate surface area is 119 Å². The van der Waals surface area contributed by atoms with Crippen molar-refractivity contribution in [2.45, 2.75) is 30.9 Å². The van der Waals surface area contributed by atoms with Crippen LogP contribution in [0.25, 0.3) is 0 Å². The maximum atomic E-state index is 11.1. The van der Waals surface area contributed by atoms with Crippen molar-refractivity contribution in [1.29, 1.82) is 0 Å². The van der Waals surface area contributed by atoms with Crippen LogP contribution in [0.3, 0.4) is 0 Å². The van der Waals surface area contributed by atoms with E-state index in [2.05, 4.69) is 25.2 Å². The highest BCUT2D eigenvalue weighted by atomic mass is 16.7. The molecule has 1 rings (SSSR count). The Kier molecular flexibility index (Phi) is 6.15. The van der Waals surface area contributed by atoms with Gasteiger partial charge in [0.15, 0.2) is 0 Å². The molecule has 0 aromatic carbocycles. The van der Waals surface area contributed by atoms with Crippen LogP contribution in [-0.4, -0.2) is 22.7 Å². The lowest BCUT2D eigenvalue weighted by molar-refractivity contribution is -0.140.